The lowest BCUT2D eigenvalue weighted by Gasteiger charge is -2.04. The maximum Gasteiger partial charge on any atom is 0.341 e. The van der Waals surface area contributed by atoms with Gasteiger partial charge in [-0.25, -0.2) is 9.78 Å². The van der Waals surface area contributed by atoms with Crippen molar-refractivity contribution < 1.29 is 9.53 Å². The number of esters is 1. The molecule has 1 heterocycles. The fourth-order valence-corrected chi connectivity index (χ4v) is 1.22. The van der Waals surface area contributed by atoms with Crippen LogP contribution in [-0.2, 0) is 11.2 Å². The summed E-state index contributed by atoms with van der Waals surface area (Å²) in [7, 11) is 0. The number of aromatic nitrogens is 1. The van der Waals surface area contributed by atoms with Gasteiger partial charge in [-0.05, 0) is 25.0 Å². The van der Waals surface area contributed by atoms with Gasteiger partial charge < -0.3 is 4.74 Å². The Morgan fingerprint density at radius 2 is 2.29 bits per heavy atom. The Balaban J connectivity index is 2.99. The molecule has 0 aliphatic carbocycles. The van der Waals surface area contributed by atoms with Gasteiger partial charge in [0.2, 0.25) is 0 Å². The van der Waals surface area contributed by atoms with Crippen LogP contribution in [-0.4, -0.2) is 17.6 Å². The number of ether oxygens (including phenoxy) is 1. The summed E-state index contributed by atoms with van der Waals surface area (Å²) in [6, 6.07) is 1.72. The summed E-state index contributed by atoms with van der Waals surface area (Å²) in [4.78, 5) is 15.3. The average Bonchev–Trinajstić information content (AvgIpc) is 2.19. The number of pyridine rings is 1. The highest BCUT2D eigenvalue weighted by Crippen LogP contribution is 2.15. The fraction of sp³-hybridized carbons (Fsp3) is 0.400. The molecule has 1 rings (SSSR count). The molecule has 0 saturated heterocycles. The lowest BCUT2D eigenvalue weighted by molar-refractivity contribution is 0.0526. The van der Waals surface area contributed by atoms with E-state index in [1.54, 1.807) is 19.2 Å². The van der Waals surface area contributed by atoms with Crippen LogP contribution in [0.4, 0.5) is 0 Å². The third-order valence-electron chi connectivity index (χ3n) is 1.80. The molecule has 1 aromatic rings. The predicted molar refractivity (Wildman–Crippen MR) is 54.6 cm³/mol. The smallest absolute Gasteiger partial charge is 0.341 e. The van der Waals surface area contributed by atoms with E-state index >= 15 is 0 Å². The maximum atomic E-state index is 11.4. The lowest BCUT2D eigenvalue weighted by atomic mass is 10.2. The van der Waals surface area contributed by atoms with E-state index in [4.69, 9.17) is 16.3 Å². The minimum atomic E-state index is -0.416. The molecule has 0 aliphatic rings. The number of hydrogen-bond donors (Lipinski definition) is 0. The summed E-state index contributed by atoms with van der Waals surface area (Å²) >= 11 is 5.77. The van der Waals surface area contributed by atoms with Crippen molar-refractivity contribution in [1.82, 2.24) is 4.98 Å². The van der Waals surface area contributed by atoms with E-state index in [-0.39, 0.29) is 5.15 Å². The van der Waals surface area contributed by atoms with Crippen LogP contribution < -0.4 is 0 Å². The summed E-state index contributed by atoms with van der Waals surface area (Å²) in [5.74, 6) is -0.416. The van der Waals surface area contributed by atoms with Gasteiger partial charge in [-0.1, -0.05) is 18.5 Å². The SMILES string of the molecule is CCOC(=O)c1cc(CC)cnc1Cl. The van der Waals surface area contributed by atoms with Gasteiger partial charge in [0, 0.05) is 6.20 Å². The Morgan fingerprint density at radius 3 is 2.86 bits per heavy atom. The Kier molecular flexibility index (Phi) is 3.89. The highest BCUT2D eigenvalue weighted by Gasteiger charge is 2.12. The molecule has 0 bridgehead atoms. The fourth-order valence-electron chi connectivity index (χ4n) is 1.04. The molecule has 0 fully saturated rings. The molecule has 0 aromatic carbocycles. The van der Waals surface area contributed by atoms with Gasteiger partial charge in [-0.2, -0.15) is 0 Å². The van der Waals surface area contributed by atoms with Crippen molar-refractivity contribution in [2.45, 2.75) is 20.3 Å². The lowest BCUT2D eigenvalue weighted by Crippen LogP contribution is -2.06. The van der Waals surface area contributed by atoms with E-state index in [1.807, 2.05) is 6.92 Å². The zero-order valence-electron chi connectivity index (χ0n) is 8.21. The van der Waals surface area contributed by atoms with E-state index in [9.17, 15) is 4.79 Å². The van der Waals surface area contributed by atoms with Gasteiger partial charge in [0.1, 0.15) is 5.15 Å². The minimum absolute atomic E-state index is 0.195. The molecule has 0 amide bonds. The molecule has 0 spiro atoms. The van der Waals surface area contributed by atoms with Crippen LogP contribution in [0.5, 0.6) is 0 Å². The zero-order valence-corrected chi connectivity index (χ0v) is 8.97. The van der Waals surface area contributed by atoms with Crippen LogP contribution in [0.15, 0.2) is 12.3 Å². The molecule has 1 aromatic heterocycles. The second kappa shape index (κ2) is 4.96. The number of aryl methyl sites for hydroxylation is 1. The number of hydrogen-bond acceptors (Lipinski definition) is 3. The number of nitrogens with zero attached hydrogens (tertiary/aromatic N) is 1. The predicted octanol–water partition coefficient (Wildman–Crippen LogP) is 2.47. The van der Waals surface area contributed by atoms with Gasteiger partial charge in [-0.15, -0.1) is 0 Å². The molecule has 0 saturated carbocycles. The molecule has 0 atom stereocenters. The Morgan fingerprint density at radius 1 is 1.57 bits per heavy atom. The van der Waals surface area contributed by atoms with Gasteiger partial charge in [-0.3, -0.25) is 0 Å². The Bertz CT molecular complexity index is 339. The van der Waals surface area contributed by atoms with Crippen LogP contribution in [0, 0.1) is 0 Å². The van der Waals surface area contributed by atoms with Gasteiger partial charge in [0.25, 0.3) is 0 Å². The van der Waals surface area contributed by atoms with Crippen molar-refractivity contribution in [2.75, 3.05) is 6.61 Å². The average molecular weight is 214 g/mol. The second-order valence-corrected chi connectivity index (χ2v) is 3.11. The van der Waals surface area contributed by atoms with Gasteiger partial charge in [0.15, 0.2) is 0 Å². The molecule has 0 N–H and O–H groups in total. The minimum Gasteiger partial charge on any atom is -0.462 e. The molecule has 4 heteroatoms. The largest absolute Gasteiger partial charge is 0.462 e. The summed E-state index contributed by atoms with van der Waals surface area (Å²) in [5, 5.41) is 0.195. The number of halogens is 1. The highest BCUT2D eigenvalue weighted by atomic mass is 35.5. The van der Waals surface area contributed by atoms with Crippen molar-refractivity contribution in [2.24, 2.45) is 0 Å². The van der Waals surface area contributed by atoms with E-state index in [0.29, 0.717) is 12.2 Å². The Hall–Kier alpha value is -1.09. The normalized spacial score (nSPS) is 9.93. The van der Waals surface area contributed by atoms with E-state index in [2.05, 4.69) is 4.98 Å². The van der Waals surface area contributed by atoms with Crippen molar-refractivity contribution in [1.29, 1.82) is 0 Å². The van der Waals surface area contributed by atoms with Crippen LogP contribution in [0.25, 0.3) is 0 Å². The first-order chi connectivity index (χ1) is 6.69. The maximum absolute atomic E-state index is 11.4. The number of carbonyl (C=O) groups is 1. The van der Waals surface area contributed by atoms with Crippen LogP contribution in [0.1, 0.15) is 29.8 Å². The van der Waals surface area contributed by atoms with Crippen molar-refractivity contribution in [3.8, 4) is 0 Å². The molecular weight excluding hydrogens is 202 g/mol. The third-order valence-corrected chi connectivity index (χ3v) is 2.10. The highest BCUT2D eigenvalue weighted by molar-refractivity contribution is 6.32. The monoisotopic (exact) mass is 213 g/mol. The van der Waals surface area contributed by atoms with Crippen molar-refractivity contribution in [3.63, 3.8) is 0 Å². The molecule has 14 heavy (non-hydrogen) atoms. The first-order valence-electron chi connectivity index (χ1n) is 4.50. The van der Waals surface area contributed by atoms with Crippen molar-refractivity contribution in [3.05, 3.63) is 28.5 Å². The van der Waals surface area contributed by atoms with E-state index < -0.39 is 5.97 Å². The summed E-state index contributed by atoms with van der Waals surface area (Å²) in [6.45, 7) is 4.08. The first-order valence-corrected chi connectivity index (χ1v) is 4.88. The number of carbonyl (C=O) groups excluding carboxylic acids is 1. The number of rotatable bonds is 3. The van der Waals surface area contributed by atoms with E-state index in [0.717, 1.165) is 12.0 Å². The molecule has 0 unspecified atom stereocenters. The molecule has 0 aliphatic heterocycles. The second-order valence-electron chi connectivity index (χ2n) is 2.76. The zero-order chi connectivity index (χ0) is 10.6. The van der Waals surface area contributed by atoms with E-state index in [1.165, 1.54) is 0 Å². The van der Waals surface area contributed by atoms with Crippen LogP contribution in [0.2, 0.25) is 5.15 Å². The molecule has 3 nitrogen and oxygen atoms in total. The van der Waals surface area contributed by atoms with Crippen LogP contribution >= 0.6 is 11.6 Å². The van der Waals surface area contributed by atoms with Crippen molar-refractivity contribution >= 4 is 17.6 Å². The standard InChI is InChI=1S/C10H12ClNO2/c1-3-7-5-8(9(11)12-6-7)10(13)14-4-2/h5-6H,3-4H2,1-2H3. The summed E-state index contributed by atoms with van der Waals surface area (Å²) < 4.78 is 4.84. The van der Waals surface area contributed by atoms with Crippen LogP contribution in [0.3, 0.4) is 0 Å². The van der Waals surface area contributed by atoms with Gasteiger partial charge >= 0.3 is 5.97 Å². The molecular formula is C10H12ClNO2. The van der Waals surface area contributed by atoms with Gasteiger partial charge in [0.05, 0.1) is 12.2 Å². The summed E-state index contributed by atoms with van der Waals surface area (Å²) in [6.07, 6.45) is 2.47. The summed E-state index contributed by atoms with van der Waals surface area (Å²) in [5.41, 5.74) is 1.31. The first kappa shape index (κ1) is 11.0. The Labute approximate surface area is 88.1 Å². The quantitative estimate of drug-likeness (QED) is 0.572. The third kappa shape index (κ3) is 2.45. The molecule has 0 radical (unpaired) electrons. The topological polar surface area (TPSA) is 39.2 Å². The molecule has 76 valence electrons.